The molecule has 0 aliphatic rings. The Morgan fingerprint density at radius 1 is 1.43 bits per heavy atom. The zero-order valence-corrected chi connectivity index (χ0v) is 7.26. The Morgan fingerprint density at radius 2 is 2.07 bits per heavy atom. The fraction of sp³-hybridized carbons (Fsp3) is 0.222. The van der Waals surface area contributed by atoms with Crippen molar-refractivity contribution in [3.63, 3.8) is 0 Å². The van der Waals surface area contributed by atoms with Crippen molar-refractivity contribution in [1.82, 2.24) is 0 Å². The van der Waals surface area contributed by atoms with Gasteiger partial charge in [0.2, 0.25) is 0 Å². The second-order valence-corrected chi connectivity index (χ2v) is 2.59. The molecule has 0 aromatic heterocycles. The van der Waals surface area contributed by atoms with Crippen molar-refractivity contribution >= 4 is 6.29 Å². The normalized spacial score (nSPS) is 10.4. The van der Waals surface area contributed by atoms with Gasteiger partial charge in [0, 0.05) is 11.1 Å². The van der Waals surface area contributed by atoms with Gasteiger partial charge in [-0.1, -0.05) is 0 Å². The lowest BCUT2D eigenvalue weighted by molar-refractivity contribution is -0.0526. The number of ether oxygens (including phenoxy) is 1. The van der Waals surface area contributed by atoms with E-state index in [9.17, 15) is 18.0 Å². The van der Waals surface area contributed by atoms with E-state index in [1.54, 1.807) is 0 Å². The summed E-state index contributed by atoms with van der Waals surface area (Å²) in [5.41, 5.74) is 0.197. The van der Waals surface area contributed by atoms with E-state index in [1.165, 1.54) is 13.0 Å². The molecule has 0 heterocycles. The lowest BCUT2D eigenvalue weighted by Crippen LogP contribution is -2.06. The van der Waals surface area contributed by atoms with Crippen LogP contribution in [0.15, 0.2) is 12.1 Å². The van der Waals surface area contributed by atoms with Gasteiger partial charge >= 0.3 is 6.61 Å². The van der Waals surface area contributed by atoms with Crippen molar-refractivity contribution in [1.29, 1.82) is 0 Å². The first-order chi connectivity index (χ1) is 6.56. The third-order valence-corrected chi connectivity index (χ3v) is 1.73. The fourth-order valence-electron chi connectivity index (χ4n) is 1.04. The van der Waals surface area contributed by atoms with Crippen molar-refractivity contribution in [2.24, 2.45) is 0 Å². The average Bonchev–Trinajstić information content (AvgIpc) is 2.12. The molecule has 0 amide bonds. The highest BCUT2D eigenvalue weighted by molar-refractivity contribution is 5.78. The van der Waals surface area contributed by atoms with E-state index in [2.05, 4.69) is 4.74 Å². The topological polar surface area (TPSA) is 26.3 Å². The molecule has 0 bridgehead atoms. The van der Waals surface area contributed by atoms with E-state index in [-0.39, 0.29) is 11.1 Å². The Labute approximate surface area is 78.3 Å². The van der Waals surface area contributed by atoms with Gasteiger partial charge in [-0.25, -0.2) is 4.39 Å². The maximum atomic E-state index is 13.0. The van der Waals surface area contributed by atoms with Gasteiger partial charge in [-0.3, -0.25) is 4.79 Å². The molecular formula is C9H7F3O2. The predicted octanol–water partition coefficient (Wildman–Crippen LogP) is 2.55. The largest absolute Gasteiger partial charge is 0.431 e. The number of aldehydes is 1. The maximum absolute atomic E-state index is 13.0. The van der Waals surface area contributed by atoms with Gasteiger partial charge in [0.05, 0.1) is 0 Å². The van der Waals surface area contributed by atoms with E-state index in [4.69, 9.17) is 0 Å². The first kappa shape index (κ1) is 10.6. The average molecular weight is 204 g/mol. The summed E-state index contributed by atoms with van der Waals surface area (Å²) >= 11 is 0. The Morgan fingerprint density at radius 3 is 2.57 bits per heavy atom. The Bertz CT molecular complexity index is 350. The fourth-order valence-corrected chi connectivity index (χ4v) is 1.04. The van der Waals surface area contributed by atoms with Gasteiger partial charge in [-0.05, 0) is 19.1 Å². The lowest BCUT2D eigenvalue weighted by atomic mass is 10.1. The van der Waals surface area contributed by atoms with E-state index < -0.39 is 18.2 Å². The van der Waals surface area contributed by atoms with Crippen LogP contribution in [-0.2, 0) is 0 Å². The molecule has 0 fully saturated rings. The van der Waals surface area contributed by atoms with Gasteiger partial charge in [-0.15, -0.1) is 0 Å². The molecule has 0 saturated carbocycles. The van der Waals surface area contributed by atoms with Crippen molar-refractivity contribution in [2.75, 3.05) is 0 Å². The van der Waals surface area contributed by atoms with Crippen LogP contribution >= 0.6 is 0 Å². The van der Waals surface area contributed by atoms with E-state index in [0.29, 0.717) is 6.29 Å². The van der Waals surface area contributed by atoms with Crippen LogP contribution in [0.25, 0.3) is 0 Å². The minimum Gasteiger partial charge on any atom is -0.431 e. The van der Waals surface area contributed by atoms with Crippen LogP contribution in [-0.4, -0.2) is 12.9 Å². The number of rotatable bonds is 3. The summed E-state index contributed by atoms with van der Waals surface area (Å²) in [6.07, 6.45) is 0.451. The molecule has 0 atom stereocenters. The van der Waals surface area contributed by atoms with Crippen molar-refractivity contribution in [3.8, 4) is 5.75 Å². The molecule has 0 unspecified atom stereocenters. The van der Waals surface area contributed by atoms with Gasteiger partial charge in [0.25, 0.3) is 0 Å². The molecule has 1 aromatic rings. The summed E-state index contributed by atoms with van der Waals surface area (Å²) in [7, 11) is 0. The molecule has 76 valence electrons. The second kappa shape index (κ2) is 4.13. The molecule has 0 spiro atoms. The van der Waals surface area contributed by atoms with E-state index >= 15 is 0 Å². The SMILES string of the molecule is Cc1c(C=O)ccc(F)c1OC(F)F. The number of hydrogen-bond acceptors (Lipinski definition) is 2. The summed E-state index contributed by atoms with van der Waals surface area (Å²) in [6, 6.07) is 2.12. The zero-order valence-electron chi connectivity index (χ0n) is 7.26. The standard InChI is InChI=1S/C9H7F3O2/c1-5-6(4-13)2-3-7(10)8(5)14-9(11)12/h2-4,9H,1H3. The first-order valence-electron chi connectivity index (χ1n) is 3.75. The number of halogens is 3. The highest BCUT2D eigenvalue weighted by atomic mass is 19.3. The van der Waals surface area contributed by atoms with Crippen LogP contribution in [0.1, 0.15) is 15.9 Å². The monoisotopic (exact) mass is 204 g/mol. The first-order valence-corrected chi connectivity index (χ1v) is 3.75. The van der Waals surface area contributed by atoms with Gasteiger partial charge in [0.1, 0.15) is 6.29 Å². The van der Waals surface area contributed by atoms with Gasteiger partial charge < -0.3 is 4.74 Å². The van der Waals surface area contributed by atoms with Crippen molar-refractivity contribution < 1.29 is 22.7 Å². The molecule has 14 heavy (non-hydrogen) atoms. The maximum Gasteiger partial charge on any atom is 0.387 e. The molecule has 0 aliphatic carbocycles. The third kappa shape index (κ3) is 2.04. The predicted molar refractivity (Wildman–Crippen MR) is 43.2 cm³/mol. The molecule has 0 aliphatic heterocycles. The van der Waals surface area contributed by atoms with Crippen LogP contribution < -0.4 is 4.74 Å². The molecule has 1 aromatic carbocycles. The Kier molecular flexibility index (Phi) is 3.11. The summed E-state index contributed by atoms with van der Waals surface area (Å²) in [6.45, 7) is -1.77. The summed E-state index contributed by atoms with van der Waals surface area (Å²) in [4.78, 5) is 10.4. The molecule has 0 N–H and O–H groups in total. The van der Waals surface area contributed by atoms with Crippen molar-refractivity contribution in [3.05, 3.63) is 29.1 Å². The van der Waals surface area contributed by atoms with Crippen LogP contribution in [0, 0.1) is 12.7 Å². The minimum absolute atomic E-state index is 0.0697. The van der Waals surface area contributed by atoms with Gasteiger partial charge in [0.15, 0.2) is 11.6 Å². The summed E-state index contributed by atoms with van der Waals surface area (Å²) in [5, 5.41) is 0. The highest BCUT2D eigenvalue weighted by Crippen LogP contribution is 2.26. The molecule has 2 nitrogen and oxygen atoms in total. The van der Waals surface area contributed by atoms with Crippen LogP contribution in [0.2, 0.25) is 0 Å². The quantitative estimate of drug-likeness (QED) is 0.707. The second-order valence-electron chi connectivity index (χ2n) is 2.59. The van der Waals surface area contributed by atoms with Crippen molar-refractivity contribution in [2.45, 2.75) is 13.5 Å². The van der Waals surface area contributed by atoms with E-state index in [1.807, 2.05) is 0 Å². The molecule has 5 heteroatoms. The number of carbonyl (C=O) groups is 1. The molecule has 0 radical (unpaired) electrons. The highest BCUT2D eigenvalue weighted by Gasteiger charge is 2.14. The van der Waals surface area contributed by atoms with Crippen LogP contribution in [0.4, 0.5) is 13.2 Å². The zero-order chi connectivity index (χ0) is 10.7. The minimum atomic E-state index is -3.11. The smallest absolute Gasteiger partial charge is 0.387 e. The molecular weight excluding hydrogens is 197 g/mol. The Hall–Kier alpha value is -1.52. The third-order valence-electron chi connectivity index (χ3n) is 1.73. The molecule has 1 rings (SSSR count). The van der Waals surface area contributed by atoms with Gasteiger partial charge in [-0.2, -0.15) is 8.78 Å². The Balaban J connectivity index is 3.18. The summed E-state index contributed by atoms with van der Waals surface area (Å²) < 4.78 is 40.6. The number of alkyl halides is 2. The number of carbonyl (C=O) groups excluding carboxylic acids is 1. The van der Waals surface area contributed by atoms with Crippen LogP contribution in [0.3, 0.4) is 0 Å². The van der Waals surface area contributed by atoms with Crippen LogP contribution in [0.5, 0.6) is 5.75 Å². The van der Waals surface area contributed by atoms with E-state index in [0.717, 1.165) is 6.07 Å². The number of hydrogen-bond donors (Lipinski definition) is 0. The number of benzene rings is 1. The summed E-state index contributed by atoms with van der Waals surface area (Å²) in [5.74, 6) is -1.49. The lowest BCUT2D eigenvalue weighted by Gasteiger charge is -2.09. The molecule has 0 saturated heterocycles.